The van der Waals surface area contributed by atoms with Crippen LogP contribution in [0.1, 0.15) is 67.2 Å². The van der Waals surface area contributed by atoms with Crippen molar-refractivity contribution in [3.05, 3.63) is 0 Å². The first kappa shape index (κ1) is 21.2. The molecular weight excluding hydrogens is 280 g/mol. The molecule has 0 heterocycles. The number of rotatable bonds is 10. The van der Waals surface area contributed by atoms with E-state index in [9.17, 15) is 15.0 Å². The van der Waals surface area contributed by atoms with Crippen molar-refractivity contribution in [2.45, 2.75) is 79.4 Å². The fourth-order valence-electron chi connectivity index (χ4n) is 1.97. The molecule has 0 saturated carbocycles. The molecule has 0 rings (SSSR count). The maximum absolute atomic E-state index is 11.6. The van der Waals surface area contributed by atoms with Gasteiger partial charge in [-0.05, 0) is 50.4 Å². The number of carbonyl (C=O) groups excluding carboxylic acids is 1. The lowest BCUT2D eigenvalue weighted by Gasteiger charge is -2.28. The number of carbonyl (C=O) groups is 1. The SMILES string of the molecule is CC(O)C(C)(C)CCCNC(=O)NCCCC(C)(C)C(C)O. The Bertz CT molecular complexity index is 296. The monoisotopic (exact) mass is 316 g/mol. The molecule has 0 aliphatic carbocycles. The molecule has 0 aromatic rings. The molecule has 2 atom stereocenters. The van der Waals surface area contributed by atoms with E-state index in [1.54, 1.807) is 13.8 Å². The van der Waals surface area contributed by atoms with Crippen molar-refractivity contribution < 1.29 is 15.0 Å². The summed E-state index contributed by atoms with van der Waals surface area (Å²) >= 11 is 0. The molecule has 0 bridgehead atoms. The number of aliphatic hydroxyl groups is 2. The maximum atomic E-state index is 11.6. The van der Waals surface area contributed by atoms with Gasteiger partial charge in [0.25, 0.3) is 0 Å². The van der Waals surface area contributed by atoms with Crippen molar-refractivity contribution in [3.63, 3.8) is 0 Å². The Morgan fingerprint density at radius 3 is 1.45 bits per heavy atom. The topological polar surface area (TPSA) is 81.6 Å². The summed E-state index contributed by atoms with van der Waals surface area (Å²) in [6.45, 7) is 12.9. The van der Waals surface area contributed by atoms with E-state index >= 15 is 0 Å². The van der Waals surface area contributed by atoms with Gasteiger partial charge >= 0.3 is 6.03 Å². The first-order valence-corrected chi connectivity index (χ1v) is 8.37. The summed E-state index contributed by atoms with van der Waals surface area (Å²) in [4.78, 5) is 11.6. The quantitative estimate of drug-likeness (QED) is 0.468. The molecule has 5 heteroatoms. The van der Waals surface area contributed by atoms with Crippen molar-refractivity contribution >= 4 is 6.03 Å². The van der Waals surface area contributed by atoms with Crippen LogP contribution in [0.15, 0.2) is 0 Å². The van der Waals surface area contributed by atoms with Gasteiger partial charge in [0.1, 0.15) is 0 Å². The molecule has 4 N–H and O–H groups in total. The predicted octanol–water partition coefficient (Wildman–Crippen LogP) is 2.66. The van der Waals surface area contributed by atoms with Gasteiger partial charge in [-0.15, -0.1) is 0 Å². The Labute approximate surface area is 135 Å². The zero-order chi connectivity index (χ0) is 17.4. The number of aliphatic hydroxyl groups excluding tert-OH is 2. The molecule has 0 aliphatic rings. The van der Waals surface area contributed by atoms with Gasteiger partial charge in [-0.2, -0.15) is 0 Å². The van der Waals surface area contributed by atoms with Gasteiger partial charge in [-0.1, -0.05) is 27.7 Å². The number of nitrogens with one attached hydrogen (secondary N) is 2. The van der Waals surface area contributed by atoms with E-state index in [-0.39, 0.29) is 29.1 Å². The highest BCUT2D eigenvalue weighted by Crippen LogP contribution is 2.26. The summed E-state index contributed by atoms with van der Waals surface area (Å²) < 4.78 is 0. The Kier molecular flexibility index (Phi) is 9.01. The molecule has 5 nitrogen and oxygen atoms in total. The first-order chi connectivity index (χ1) is 9.99. The van der Waals surface area contributed by atoms with Gasteiger partial charge in [-0.3, -0.25) is 0 Å². The summed E-state index contributed by atoms with van der Waals surface area (Å²) in [5.41, 5.74) is -0.241. The van der Waals surface area contributed by atoms with Gasteiger partial charge in [0.2, 0.25) is 0 Å². The number of hydrogen-bond donors (Lipinski definition) is 4. The van der Waals surface area contributed by atoms with Crippen molar-refractivity contribution in [2.75, 3.05) is 13.1 Å². The lowest BCUT2D eigenvalue weighted by Crippen LogP contribution is -2.37. The van der Waals surface area contributed by atoms with Crippen LogP contribution in [0.2, 0.25) is 0 Å². The molecule has 0 aromatic carbocycles. The fraction of sp³-hybridized carbons (Fsp3) is 0.941. The highest BCUT2D eigenvalue weighted by atomic mass is 16.3. The average molecular weight is 316 g/mol. The Morgan fingerprint density at radius 1 is 0.864 bits per heavy atom. The second-order valence-electron chi connectivity index (χ2n) is 7.72. The molecule has 132 valence electrons. The molecule has 0 fully saturated rings. The predicted molar refractivity (Wildman–Crippen MR) is 90.8 cm³/mol. The molecule has 0 saturated heterocycles. The van der Waals surface area contributed by atoms with Crippen molar-refractivity contribution in [3.8, 4) is 0 Å². The highest BCUT2D eigenvalue weighted by molar-refractivity contribution is 5.73. The Balaban J connectivity index is 3.72. The molecule has 2 unspecified atom stereocenters. The Morgan fingerprint density at radius 2 is 1.18 bits per heavy atom. The third-order valence-electron chi connectivity index (χ3n) is 4.83. The summed E-state index contributed by atoms with van der Waals surface area (Å²) in [6, 6.07) is -0.148. The standard InChI is InChI=1S/C17H36N2O3/c1-13(20)16(3,4)9-7-11-18-15(22)19-12-8-10-17(5,6)14(2)21/h13-14,20-21H,7-12H2,1-6H3,(H2,18,19,22). The molecule has 0 spiro atoms. The zero-order valence-corrected chi connectivity index (χ0v) is 15.2. The van der Waals surface area contributed by atoms with Gasteiger partial charge in [0.15, 0.2) is 0 Å². The summed E-state index contributed by atoms with van der Waals surface area (Å²) in [6.07, 6.45) is 2.74. The molecule has 0 radical (unpaired) electrons. The second-order valence-corrected chi connectivity index (χ2v) is 7.72. The zero-order valence-electron chi connectivity index (χ0n) is 15.2. The molecule has 22 heavy (non-hydrogen) atoms. The van der Waals surface area contributed by atoms with E-state index in [2.05, 4.69) is 10.6 Å². The van der Waals surface area contributed by atoms with E-state index in [0.29, 0.717) is 13.1 Å². The molecular formula is C17H36N2O3. The van der Waals surface area contributed by atoms with Crippen LogP contribution in [0.4, 0.5) is 4.79 Å². The van der Waals surface area contributed by atoms with Crippen LogP contribution in [0.25, 0.3) is 0 Å². The minimum absolute atomic E-state index is 0.120. The average Bonchev–Trinajstić information content (AvgIpc) is 2.39. The van der Waals surface area contributed by atoms with Crippen LogP contribution in [-0.2, 0) is 0 Å². The van der Waals surface area contributed by atoms with Crippen LogP contribution < -0.4 is 10.6 Å². The van der Waals surface area contributed by atoms with Crippen LogP contribution in [0, 0.1) is 10.8 Å². The molecule has 0 aromatic heterocycles. The van der Waals surface area contributed by atoms with E-state index in [0.717, 1.165) is 25.7 Å². The van der Waals surface area contributed by atoms with E-state index in [1.807, 2.05) is 27.7 Å². The lowest BCUT2D eigenvalue weighted by molar-refractivity contribution is 0.0582. The van der Waals surface area contributed by atoms with Gasteiger partial charge in [-0.25, -0.2) is 4.79 Å². The van der Waals surface area contributed by atoms with E-state index in [4.69, 9.17) is 0 Å². The largest absolute Gasteiger partial charge is 0.393 e. The summed E-state index contributed by atoms with van der Waals surface area (Å²) in [5, 5.41) is 24.9. The summed E-state index contributed by atoms with van der Waals surface area (Å²) in [7, 11) is 0. The number of urea groups is 1. The maximum Gasteiger partial charge on any atom is 0.314 e. The van der Waals surface area contributed by atoms with Crippen LogP contribution in [-0.4, -0.2) is 41.5 Å². The normalized spacial score (nSPS) is 15.3. The number of amides is 2. The smallest absolute Gasteiger partial charge is 0.314 e. The van der Waals surface area contributed by atoms with Crippen molar-refractivity contribution in [1.82, 2.24) is 10.6 Å². The highest BCUT2D eigenvalue weighted by Gasteiger charge is 2.24. The van der Waals surface area contributed by atoms with E-state index in [1.165, 1.54) is 0 Å². The minimum atomic E-state index is -0.349. The van der Waals surface area contributed by atoms with E-state index < -0.39 is 0 Å². The second kappa shape index (κ2) is 9.36. The lowest BCUT2D eigenvalue weighted by atomic mass is 9.83. The first-order valence-electron chi connectivity index (χ1n) is 8.37. The van der Waals surface area contributed by atoms with Gasteiger partial charge < -0.3 is 20.8 Å². The third kappa shape index (κ3) is 8.59. The van der Waals surface area contributed by atoms with Gasteiger partial charge in [0.05, 0.1) is 12.2 Å². The van der Waals surface area contributed by atoms with Gasteiger partial charge in [0, 0.05) is 13.1 Å². The van der Waals surface area contributed by atoms with Crippen molar-refractivity contribution in [1.29, 1.82) is 0 Å². The molecule has 2 amide bonds. The number of hydrogen-bond acceptors (Lipinski definition) is 3. The van der Waals surface area contributed by atoms with Crippen LogP contribution in [0.5, 0.6) is 0 Å². The third-order valence-corrected chi connectivity index (χ3v) is 4.83. The fourth-order valence-corrected chi connectivity index (χ4v) is 1.97. The van der Waals surface area contributed by atoms with Crippen LogP contribution >= 0.6 is 0 Å². The van der Waals surface area contributed by atoms with Crippen molar-refractivity contribution in [2.24, 2.45) is 10.8 Å². The molecule has 0 aliphatic heterocycles. The van der Waals surface area contributed by atoms with Crippen LogP contribution in [0.3, 0.4) is 0 Å². The minimum Gasteiger partial charge on any atom is -0.393 e. The summed E-state index contributed by atoms with van der Waals surface area (Å²) in [5.74, 6) is 0. The Hall–Kier alpha value is -0.810.